The molecule has 2 aromatic rings. The van der Waals surface area contributed by atoms with Gasteiger partial charge in [0.1, 0.15) is 18.1 Å². The smallest absolute Gasteiger partial charge is 0.284 e. The van der Waals surface area contributed by atoms with Gasteiger partial charge in [-0.25, -0.2) is 5.43 Å². The lowest BCUT2D eigenvalue weighted by Gasteiger charge is -2.24. The third-order valence-corrected chi connectivity index (χ3v) is 3.73. The van der Waals surface area contributed by atoms with Gasteiger partial charge in [-0.15, -0.1) is 0 Å². The molecule has 0 saturated heterocycles. The van der Waals surface area contributed by atoms with E-state index < -0.39 is 12.0 Å². The van der Waals surface area contributed by atoms with E-state index in [0.717, 1.165) is 0 Å². The highest BCUT2D eigenvalue weighted by atomic mass is 16.6. The molecule has 0 fully saturated rings. The monoisotopic (exact) mass is 342 g/mol. The van der Waals surface area contributed by atoms with Crippen LogP contribution in [0.3, 0.4) is 0 Å². The number of amides is 1. The number of aromatic hydroxyl groups is 1. The number of para-hydroxylation sites is 2. The second-order valence-corrected chi connectivity index (χ2v) is 5.42. The highest BCUT2D eigenvalue weighted by Crippen LogP contribution is 2.30. The number of carbonyl (C=O) groups is 1. The van der Waals surface area contributed by atoms with Crippen LogP contribution in [0.25, 0.3) is 0 Å². The van der Waals surface area contributed by atoms with Gasteiger partial charge in [0.25, 0.3) is 5.91 Å². The molecule has 130 valence electrons. The van der Waals surface area contributed by atoms with Gasteiger partial charge in [0.2, 0.25) is 6.10 Å². The average molecular weight is 342 g/mol. The van der Waals surface area contributed by atoms with Gasteiger partial charge in [0.05, 0.1) is 12.8 Å². The molecule has 1 atom stereocenters. The lowest BCUT2D eigenvalue weighted by Crippen LogP contribution is -2.42. The Morgan fingerprint density at radius 2 is 2.04 bits per heavy atom. The van der Waals surface area contributed by atoms with E-state index in [9.17, 15) is 9.90 Å². The number of rotatable bonds is 4. The van der Waals surface area contributed by atoms with E-state index in [-0.39, 0.29) is 12.4 Å². The summed E-state index contributed by atoms with van der Waals surface area (Å²) in [7, 11) is 1.53. The first-order chi connectivity index (χ1) is 12.1. The molecule has 0 spiro atoms. The molecular weight excluding hydrogens is 324 g/mol. The van der Waals surface area contributed by atoms with E-state index in [1.54, 1.807) is 37.3 Å². The topological polar surface area (TPSA) is 89.4 Å². The second-order valence-electron chi connectivity index (χ2n) is 5.42. The molecular formula is C18H18N2O5. The highest BCUT2D eigenvalue weighted by Gasteiger charge is 2.27. The summed E-state index contributed by atoms with van der Waals surface area (Å²) < 4.78 is 16.2. The Balaban J connectivity index is 1.68. The zero-order chi connectivity index (χ0) is 17.8. The minimum absolute atomic E-state index is 0.0440. The lowest BCUT2D eigenvalue weighted by atomic mass is 10.1. The summed E-state index contributed by atoms with van der Waals surface area (Å²) in [6.45, 7) is 1.77. The third kappa shape index (κ3) is 3.65. The maximum Gasteiger partial charge on any atom is 0.284 e. The number of fused-ring (bicyclic) bond motifs is 1. The Labute approximate surface area is 144 Å². The first-order valence-corrected chi connectivity index (χ1v) is 7.68. The number of ether oxygens (including phenoxy) is 3. The Hall–Kier alpha value is -3.22. The number of hydrogen-bond donors (Lipinski definition) is 2. The van der Waals surface area contributed by atoms with Crippen molar-refractivity contribution in [2.75, 3.05) is 13.7 Å². The number of hydrogen-bond acceptors (Lipinski definition) is 6. The van der Waals surface area contributed by atoms with Crippen molar-refractivity contribution < 1.29 is 24.1 Å². The van der Waals surface area contributed by atoms with Crippen molar-refractivity contribution >= 4 is 11.6 Å². The summed E-state index contributed by atoms with van der Waals surface area (Å²) in [5.41, 5.74) is 3.33. The fourth-order valence-corrected chi connectivity index (χ4v) is 2.35. The standard InChI is InChI=1S/C18H18N2O5/c1-11(13-9-12(23-2)7-8-14(13)21)19-20-18(22)17-10-24-15-5-3-4-6-16(15)25-17/h3-9,17,21H,10H2,1-2H3,(H,20,22)/b19-11+/t17-/m0/s1. The van der Waals surface area contributed by atoms with Gasteiger partial charge in [-0.1, -0.05) is 12.1 Å². The molecule has 3 rings (SSSR count). The fraction of sp³-hybridized carbons (Fsp3) is 0.222. The summed E-state index contributed by atoms with van der Waals surface area (Å²) in [5.74, 6) is 1.31. The molecule has 0 bridgehead atoms. The Morgan fingerprint density at radius 3 is 2.80 bits per heavy atom. The van der Waals surface area contributed by atoms with Crippen LogP contribution in [0.1, 0.15) is 12.5 Å². The predicted octanol–water partition coefficient (Wildman–Crippen LogP) is 2.08. The third-order valence-electron chi connectivity index (χ3n) is 3.73. The van der Waals surface area contributed by atoms with Crippen LogP contribution in [0.2, 0.25) is 0 Å². The number of phenolic OH excluding ortho intramolecular Hbond substituents is 1. The van der Waals surface area contributed by atoms with Crippen LogP contribution >= 0.6 is 0 Å². The van der Waals surface area contributed by atoms with E-state index in [1.165, 1.54) is 13.2 Å². The minimum Gasteiger partial charge on any atom is -0.507 e. The largest absolute Gasteiger partial charge is 0.507 e. The summed E-state index contributed by atoms with van der Waals surface area (Å²) in [6, 6.07) is 11.9. The van der Waals surface area contributed by atoms with E-state index in [4.69, 9.17) is 14.2 Å². The number of hydrazone groups is 1. The van der Waals surface area contributed by atoms with Gasteiger partial charge >= 0.3 is 0 Å². The van der Waals surface area contributed by atoms with Crippen molar-refractivity contribution in [3.63, 3.8) is 0 Å². The maximum absolute atomic E-state index is 12.2. The Morgan fingerprint density at radius 1 is 1.28 bits per heavy atom. The van der Waals surface area contributed by atoms with Crippen LogP contribution in [0.15, 0.2) is 47.6 Å². The van der Waals surface area contributed by atoms with E-state index >= 15 is 0 Å². The van der Waals surface area contributed by atoms with Crippen molar-refractivity contribution in [2.24, 2.45) is 5.10 Å². The molecule has 0 saturated carbocycles. The van der Waals surface area contributed by atoms with E-state index in [2.05, 4.69) is 10.5 Å². The summed E-state index contributed by atoms with van der Waals surface area (Å²) in [6.07, 6.45) is -0.801. The molecule has 25 heavy (non-hydrogen) atoms. The minimum atomic E-state index is -0.801. The van der Waals surface area contributed by atoms with Gasteiger partial charge in [-0.2, -0.15) is 5.10 Å². The van der Waals surface area contributed by atoms with Crippen molar-refractivity contribution in [2.45, 2.75) is 13.0 Å². The number of nitrogens with zero attached hydrogens (tertiary/aromatic N) is 1. The van der Waals surface area contributed by atoms with Gasteiger partial charge in [-0.05, 0) is 37.3 Å². The van der Waals surface area contributed by atoms with Crippen LogP contribution in [0, 0.1) is 0 Å². The Kier molecular flexibility index (Phi) is 4.74. The summed E-state index contributed by atoms with van der Waals surface area (Å²) in [5, 5.41) is 14.0. The fourth-order valence-electron chi connectivity index (χ4n) is 2.35. The van der Waals surface area contributed by atoms with Crippen LogP contribution in [0.5, 0.6) is 23.0 Å². The molecule has 0 radical (unpaired) electrons. The van der Waals surface area contributed by atoms with E-state index in [1.807, 2.05) is 6.07 Å². The molecule has 2 N–H and O–H groups in total. The second kappa shape index (κ2) is 7.12. The number of methoxy groups -OCH3 is 1. The first-order valence-electron chi connectivity index (χ1n) is 7.68. The average Bonchev–Trinajstić information content (AvgIpc) is 2.65. The van der Waals surface area contributed by atoms with Crippen LogP contribution in [-0.2, 0) is 4.79 Å². The number of nitrogens with one attached hydrogen (secondary N) is 1. The van der Waals surface area contributed by atoms with Crippen LogP contribution in [0.4, 0.5) is 0 Å². The van der Waals surface area contributed by atoms with Crippen molar-refractivity contribution in [3.8, 4) is 23.0 Å². The molecule has 7 nitrogen and oxygen atoms in total. The molecule has 0 unspecified atom stereocenters. The normalized spacial score (nSPS) is 16.2. The molecule has 0 aliphatic carbocycles. The van der Waals surface area contributed by atoms with Crippen molar-refractivity contribution in [1.29, 1.82) is 0 Å². The molecule has 1 heterocycles. The molecule has 1 aliphatic heterocycles. The van der Waals surface area contributed by atoms with Gasteiger partial charge in [0.15, 0.2) is 11.5 Å². The van der Waals surface area contributed by atoms with Crippen molar-refractivity contribution in [1.82, 2.24) is 5.43 Å². The lowest BCUT2D eigenvalue weighted by molar-refractivity contribution is -0.130. The maximum atomic E-state index is 12.2. The zero-order valence-corrected chi connectivity index (χ0v) is 13.9. The SMILES string of the molecule is COc1ccc(O)c(/C(C)=N/NC(=O)[C@@H]2COc3ccccc3O2)c1. The van der Waals surface area contributed by atoms with E-state index in [0.29, 0.717) is 28.5 Å². The molecule has 7 heteroatoms. The van der Waals surface area contributed by atoms with Gasteiger partial charge in [-0.3, -0.25) is 4.79 Å². The highest BCUT2D eigenvalue weighted by molar-refractivity contribution is 6.02. The summed E-state index contributed by atoms with van der Waals surface area (Å²) >= 11 is 0. The van der Waals surface area contributed by atoms with Gasteiger partial charge in [0, 0.05) is 5.56 Å². The number of phenols is 1. The van der Waals surface area contributed by atoms with Crippen LogP contribution < -0.4 is 19.6 Å². The zero-order valence-electron chi connectivity index (χ0n) is 13.9. The molecule has 0 aromatic heterocycles. The molecule has 1 amide bonds. The summed E-state index contributed by atoms with van der Waals surface area (Å²) in [4.78, 5) is 12.2. The Bertz CT molecular complexity index is 819. The molecule has 1 aliphatic rings. The molecule has 2 aromatic carbocycles. The van der Waals surface area contributed by atoms with Crippen molar-refractivity contribution in [3.05, 3.63) is 48.0 Å². The number of carbonyl (C=O) groups excluding carboxylic acids is 1. The van der Waals surface area contributed by atoms with Gasteiger partial charge < -0.3 is 19.3 Å². The first kappa shape index (κ1) is 16.6. The quantitative estimate of drug-likeness (QED) is 0.656. The predicted molar refractivity (Wildman–Crippen MR) is 91.4 cm³/mol. The number of benzene rings is 2. The van der Waals surface area contributed by atoms with Crippen LogP contribution in [-0.4, -0.2) is 36.5 Å².